The molecule has 3 heterocycles. The molecule has 220 valence electrons. The fourth-order valence-corrected chi connectivity index (χ4v) is 4.10. The second-order valence-corrected chi connectivity index (χ2v) is 8.96. The summed E-state index contributed by atoms with van der Waals surface area (Å²) < 4.78 is 77.1. The van der Waals surface area contributed by atoms with Crippen LogP contribution in [-0.4, -0.2) is 94.0 Å². The Morgan fingerprint density at radius 2 is 1.52 bits per heavy atom. The lowest BCUT2D eigenvalue weighted by atomic mass is 9.92. The second kappa shape index (κ2) is 13.0. The number of carboxylic acid groups (broad SMARTS) is 2. The van der Waals surface area contributed by atoms with Gasteiger partial charge in [0.05, 0.1) is 12.1 Å². The zero-order valence-electron chi connectivity index (χ0n) is 20.9. The first-order valence-corrected chi connectivity index (χ1v) is 11.4. The van der Waals surface area contributed by atoms with Gasteiger partial charge in [0, 0.05) is 44.3 Å². The highest BCUT2D eigenvalue weighted by atomic mass is 19.4. The number of alkyl halides is 6. The predicted molar refractivity (Wildman–Crippen MR) is 126 cm³/mol. The molecule has 1 atom stereocenters. The smallest absolute Gasteiger partial charge is 0.475 e. The lowest BCUT2D eigenvalue weighted by Gasteiger charge is -2.47. The van der Waals surface area contributed by atoms with E-state index in [2.05, 4.69) is 14.8 Å². The molecule has 16 heteroatoms. The zero-order chi connectivity index (χ0) is 30.3. The Bertz CT molecular complexity index is 1160. The van der Waals surface area contributed by atoms with E-state index < -0.39 is 24.3 Å². The summed E-state index contributed by atoms with van der Waals surface area (Å²) in [4.78, 5) is 40.8. The number of piperazine rings is 1. The molecule has 2 N–H and O–H groups in total. The number of likely N-dealkylation sites (tertiary alicyclic amines) is 1. The number of likely N-dealkylation sites (N-methyl/N-ethyl adjacent to an activating group) is 1. The van der Waals surface area contributed by atoms with Gasteiger partial charge in [0.15, 0.2) is 0 Å². The van der Waals surface area contributed by atoms with E-state index >= 15 is 0 Å². The van der Waals surface area contributed by atoms with Crippen LogP contribution in [0.1, 0.15) is 12.0 Å². The van der Waals surface area contributed by atoms with Crippen molar-refractivity contribution in [1.82, 2.24) is 14.8 Å². The topological polar surface area (TPSA) is 114 Å². The van der Waals surface area contributed by atoms with Crippen LogP contribution in [0.25, 0.3) is 0 Å². The number of pyridine rings is 1. The van der Waals surface area contributed by atoms with Gasteiger partial charge in [-0.15, -0.1) is 0 Å². The number of aliphatic carboxylic acids is 2. The fourth-order valence-electron chi connectivity index (χ4n) is 4.10. The third-order valence-electron chi connectivity index (χ3n) is 6.11. The Labute approximate surface area is 223 Å². The van der Waals surface area contributed by atoms with Gasteiger partial charge in [0.2, 0.25) is 5.91 Å². The largest absolute Gasteiger partial charge is 0.490 e. The molecule has 2 fully saturated rings. The van der Waals surface area contributed by atoms with Gasteiger partial charge in [-0.05, 0) is 49.4 Å². The molecular formula is C24H25F7N4O5. The Morgan fingerprint density at radius 3 is 2.02 bits per heavy atom. The van der Waals surface area contributed by atoms with Crippen molar-refractivity contribution >= 4 is 23.5 Å². The number of aromatic nitrogens is 1. The van der Waals surface area contributed by atoms with Gasteiger partial charge in [-0.2, -0.15) is 26.3 Å². The number of carbonyl (C=O) groups is 3. The third kappa shape index (κ3) is 9.15. The highest BCUT2D eigenvalue weighted by molar-refractivity contribution is 5.96. The molecule has 0 radical (unpaired) electrons. The Hall–Kier alpha value is -3.79. The van der Waals surface area contributed by atoms with Gasteiger partial charge in [0.1, 0.15) is 5.82 Å². The molecule has 9 nitrogen and oxygen atoms in total. The molecule has 0 saturated carbocycles. The van der Waals surface area contributed by atoms with Gasteiger partial charge in [-0.25, -0.2) is 14.0 Å². The van der Waals surface area contributed by atoms with Gasteiger partial charge in [0.25, 0.3) is 0 Å². The van der Waals surface area contributed by atoms with Gasteiger partial charge in [-0.1, -0.05) is 6.07 Å². The van der Waals surface area contributed by atoms with Gasteiger partial charge in [-0.3, -0.25) is 19.6 Å². The molecule has 40 heavy (non-hydrogen) atoms. The normalized spacial score (nSPS) is 19.9. The number of amides is 1. The summed E-state index contributed by atoms with van der Waals surface area (Å²) in [5, 5.41) is 14.2. The molecule has 1 unspecified atom stereocenters. The summed E-state index contributed by atoms with van der Waals surface area (Å²) in [6, 6.07) is 10.4. The average Bonchev–Trinajstić information content (AvgIpc) is 3.25. The lowest BCUT2D eigenvalue weighted by Crippen LogP contribution is -2.64. The van der Waals surface area contributed by atoms with Crippen LogP contribution in [0.4, 0.5) is 36.4 Å². The van der Waals surface area contributed by atoms with Crippen molar-refractivity contribution in [3.8, 4) is 0 Å². The first kappa shape index (κ1) is 32.4. The molecule has 2 saturated heterocycles. The number of halogens is 7. The summed E-state index contributed by atoms with van der Waals surface area (Å²) in [6.45, 7) is 3.72. The molecule has 1 aromatic carbocycles. The molecule has 1 spiro atoms. The van der Waals surface area contributed by atoms with Crippen LogP contribution in [-0.2, 0) is 20.9 Å². The minimum Gasteiger partial charge on any atom is -0.475 e. The maximum atomic E-state index is 13.6. The van der Waals surface area contributed by atoms with Crippen LogP contribution in [0.15, 0.2) is 48.8 Å². The van der Waals surface area contributed by atoms with Gasteiger partial charge < -0.3 is 15.1 Å². The number of rotatable bonds is 3. The maximum absolute atomic E-state index is 13.6. The monoisotopic (exact) mass is 582 g/mol. The van der Waals surface area contributed by atoms with Crippen molar-refractivity contribution in [1.29, 1.82) is 0 Å². The molecule has 0 aliphatic carbocycles. The Kier molecular flexibility index (Phi) is 10.6. The highest BCUT2D eigenvalue weighted by Gasteiger charge is 2.47. The van der Waals surface area contributed by atoms with Crippen LogP contribution < -0.4 is 4.90 Å². The summed E-state index contributed by atoms with van der Waals surface area (Å²) in [7, 11) is 2.02. The van der Waals surface area contributed by atoms with Crippen molar-refractivity contribution in [2.45, 2.75) is 30.9 Å². The number of anilines is 1. The molecule has 4 rings (SSSR count). The first-order chi connectivity index (χ1) is 18.4. The molecular weight excluding hydrogens is 557 g/mol. The standard InChI is InChI=1S/C20H23FN4O.2C2HF3O2/c1-23-13-19(26)25(18-4-2-3-17(21)11-18)15-20(23)7-10-24(14-20)12-16-5-8-22-9-6-16;2*3-2(4,5)1(6)7/h2-6,8-9,11H,7,10,12-15H2,1H3;2*(H,6,7). The number of nitrogens with zero attached hydrogens (tertiary/aromatic N) is 4. The maximum Gasteiger partial charge on any atom is 0.490 e. The minimum absolute atomic E-state index is 0.0244. The second-order valence-electron chi connectivity index (χ2n) is 8.96. The van der Waals surface area contributed by atoms with Crippen molar-refractivity contribution in [3.05, 3.63) is 60.2 Å². The van der Waals surface area contributed by atoms with E-state index in [-0.39, 0.29) is 17.3 Å². The summed E-state index contributed by atoms with van der Waals surface area (Å²) in [5.41, 5.74) is 1.80. The Morgan fingerprint density at radius 1 is 0.975 bits per heavy atom. The molecule has 1 aromatic heterocycles. The number of hydrogen-bond acceptors (Lipinski definition) is 6. The quantitative estimate of drug-likeness (QED) is 0.530. The van der Waals surface area contributed by atoms with Crippen molar-refractivity contribution in [2.75, 3.05) is 38.1 Å². The van der Waals surface area contributed by atoms with Crippen LogP contribution in [0, 0.1) is 5.82 Å². The first-order valence-electron chi connectivity index (χ1n) is 11.4. The molecule has 0 bridgehead atoms. The van der Waals surface area contributed by atoms with Crippen LogP contribution >= 0.6 is 0 Å². The Balaban J connectivity index is 0.000000333. The molecule has 2 aromatic rings. The third-order valence-corrected chi connectivity index (χ3v) is 6.11. The van der Waals surface area contributed by atoms with Crippen LogP contribution in [0.5, 0.6) is 0 Å². The van der Waals surface area contributed by atoms with Crippen LogP contribution in [0.2, 0.25) is 0 Å². The van der Waals surface area contributed by atoms with Gasteiger partial charge >= 0.3 is 24.3 Å². The van der Waals surface area contributed by atoms with E-state index in [4.69, 9.17) is 19.8 Å². The van der Waals surface area contributed by atoms with E-state index in [9.17, 15) is 35.5 Å². The number of hydrogen-bond donors (Lipinski definition) is 2. The fraction of sp³-hybridized carbons (Fsp3) is 0.417. The lowest BCUT2D eigenvalue weighted by molar-refractivity contribution is -0.193. The zero-order valence-corrected chi connectivity index (χ0v) is 20.9. The summed E-state index contributed by atoms with van der Waals surface area (Å²) >= 11 is 0. The van der Waals surface area contributed by atoms with E-state index in [1.807, 2.05) is 37.6 Å². The molecule has 1 amide bonds. The van der Waals surface area contributed by atoms with E-state index in [0.717, 1.165) is 26.1 Å². The van der Waals surface area contributed by atoms with E-state index in [0.29, 0.717) is 18.8 Å². The number of benzene rings is 1. The predicted octanol–water partition coefficient (Wildman–Crippen LogP) is 3.41. The van der Waals surface area contributed by atoms with E-state index in [1.54, 1.807) is 11.0 Å². The van der Waals surface area contributed by atoms with Crippen LogP contribution in [0.3, 0.4) is 0 Å². The summed E-state index contributed by atoms with van der Waals surface area (Å²) in [5.74, 6) is -5.80. The minimum atomic E-state index is -5.08. The average molecular weight is 582 g/mol. The molecule has 2 aliphatic heterocycles. The van der Waals surface area contributed by atoms with Crippen molar-refractivity contribution in [3.63, 3.8) is 0 Å². The number of carbonyl (C=O) groups excluding carboxylic acids is 1. The van der Waals surface area contributed by atoms with E-state index in [1.165, 1.54) is 17.7 Å². The molecule has 2 aliphatic rings. The summed E-state index contributed by atoms with van der Waals surface area (Å²) in [6.07, 6.45) is -5.54. The van der Waals surface area contributed by atoms with Crippen molar-refractivity contribution < 1.29 is 55.3 Å². The highest BCUT2D eigenvalue weighted by Crippen LogP contribution is 2.34. The SMILES string of the molecule is CN1CC(=O)N(c2cccc(F)c2)CC12CCN(Cc1ccncc1)C2.O=C(O)C(F)(F)F.O=C(O)C(F)(F)F. The number of carboxylic acids is 2. The van der Waals surface area contributed by atoms with Crippen molar-refractivity contribution in [2.24, 2.45) is 0 Å².